The van der Waals surface area contributed by atoms with Gasteiger partial charge in [-0.2, -0.15) is 81.4 Å². The van der Waals surface area contributed by atoms with E-state index >= 15 is 0 Å². The minimum absolute atomic E-state index is 0. The summed E-state index contributed by atoms with van der Waals surface area (Å²) in [7, 11) is 19.8. The topological polar surface area (TPSA) is 166 Å². The summed E-state index contributed by atoms with van der Waals surface area (Å²) in [6.45, 7) is 0. The van der Waals surface area contributed by atoms with E-state index in [1.165, 1.54) is 0 Å². The second-order valence-corrected chi connectivity index (χ2v) is 15.5. The summed E-state index contributed by atoms with van der Waals surface area (Å²) in [6.07, 6.45) is 0. The summed E-state index contributed by atoms with van der Waals surface area (Å²) in [5.41, 5.74) is 0. The van der Waals surface area contributed by atoms with Gasteiger partial charge in [0, 0.05) is 101 Å². The Balaban J connectivity index is -0.0000000147. The molecular weight excluding hydrogens is 1300 g/mol. The number of rotatable bonds is 18. The average molecular weight is 1370 g/mol. The Morgan fingerprint density at radius 3 is 0.179 bits per heavy atom. The monoisotopic (exact) mass is 1370 g/mol. The van der Waals surface area contributed by atoms with E-state index in [0.29, 0.717) is 0 Å². The van der Waals surface area contributed by atoms with Crippen molar-refractivity contribution in [1.29, 1.82) is 0 Å². The molecule has 0 aromatic heterocycles. The summed E-state index contributed by atoms with van der Waals surface area (Å²) in [4.78, 5) is 0. The molecule has 0 amide bonds. The Bertz CT molecular complexity index is 342. The van der Waals surface area contributed by atoms with Gasteiger partial charge in [0.05, 0.1) is 128 Å². The van der Waals surface area contributed by atoms with Crippen LogP contribution in [0.15, 0.2) is 0 Å². The molecule has 0 aliphatic rings. The van der Waals surface area contributed by atoms with Crippen LogP contribution in [-0.4, -0.2) is 128 Å². The van der Waals surface area contributed by atoms with Gasteiger partial charge in [-0.25, -0.2) is 0 Å². The van der Waals surface area contributed by atoms with Crippen molar-refractivity contribution < 1.29 is 182 Å². The summed E-state index contributed by atoms with van der Waals surface area (Å²) < 4.78 is 84.7. The number of hydrogen-bond acceptors (Lipinski definition) is 26. The molecule has 0 N–H and O–H groups in total. The van der Waals surface area contributed by atoms with Crippen molar-refractivity contribution in [3.8, 4) is 0 Å². The zero-order valence-corrected chi connectivity index (χ0v) is 53.3. The Hall–Kier alpha value is 7.70. The molecule has 56 heavy (non-hydrogen) atoms. The third-order valence-electron chi connectivity index (χ3n) is 3.00. The first kappa shape index (κ1) is 131. The van der Waals surface area contributed by atoms with E-state index in [0.717, 1.165) is 0 Å². The molecular formula is C18H68Co6O18P6S8-2. The van der Waals surface area contributed by atoms with Gasteiger partial charge in [-0.15, -0.1) is 0 Å². The second-order valence-electron chi connectivity index (χ2n) is 5.17. The molecule has 0 aliphatic carbocycles. The van der Waals surface area contributed by atoms with E-state index in [4.69, 9.17) is 81.4 Å². The first-order valence-electron chi connectivity index (χ1n) is 11.0. The van der Waals surface area contributed by atoms with E-state index in [9.17, 15) is 0 Å². The van der Waals surface area contributed by atoms with E-state index < -0.39 is 51.6 Å². The largest absolute Gasteiger partial charge is 0.813 e. The smallest absolute Gasteiger partial charge is 0.397 e. The molecule has 0 saturated carbocycles. The molecule has 382 valence electrons. The summed E-state index contributed by atoms with van der Waals surface area (Å²) in [6, 6.07) is 0. The molecule has 0 atom stereocenters. The van der Waals surface area contributed by atoms with Gasteiger partial charge >= 0.3 is 51.6 Å². The molecule has 0 rings (SSSR count). The molecule has 0 unspecified atom stereocenters. The molecule has 38 heteroatoms. The van der Waals surface area contributed by atoms with Crippen LogP contribution in [0.5, 0.6) is 0 Å². The fourth-order valence-corrected chi connectivity index (χ4v) is 4.50. The maximum absolute atomic E-state index is 4.71. The van der Waals surface area contributed by atoms with Crippen molar-refractivity contribution in [2.24, 2.45) is 0 Å². The van der Waals surface area contributed by atoms with Crippen LogP contribution >= 0.6 is 51.6 Å². The normalized spacial score (nSPS) is 7.71. The third-order valence-corrected chi connectivity index (χ3v) is 9.00. The van der Waals surface area contributed by atoms with Gasteiger partial charge in [-0.3, -0.25) is 0 Å². The first-order valence-corrected chi connectivity index (χ1v) is 18.4. The summed E-state index contributed by atoms with van der Waals surface area (Å²) in [5.74, 6) is 0. The first-order chi connectivity index (χ1) is 20.1. The standard InChI is InChI=1S/6C3H10O3P.6Co.8H2S/c6*1-4-7(5-2)6-3;;;;;;;;;;;;;;/h6*7H,1-3H3;;;;;;;8*1H2/q6*+1;;;;;;;;;;;;;;/p-8. The Labute approximate surface area is 464 Å². The van der Waals surface area contributed by atoms with Crippen LogP contribution in [0, 0.1) is 0 Å². The summed E-state index contributed by atoms with van der Waals surface area (Å²) in [5, 5.41) is 0. The molecule has 0 heterocycles. The number of hydrogen-bond donors (Lipinski definition) is 0. The zero-order chi connectivity index (χ0) is 34.2. The van der Waals surface area contributed by atoms with Crippen molar-refractivity contribution in [2.75, 3.05) is 128 Å². The molecule has 0 bridgehead atoms. The van der Waals surface area contributed by atoms with Crippen molar-refractivity contribution >= 4 is 160 Å². The van der Waals surface area contributed by atoms with E-state index in [2.05, 4.69) is 0 Å². The van der Waals surface area contributed by atoms with Crippen molar-refractivity contribution in [2.45, 2.75) is 0 Å². The molecule has 0 aliphatic heterocycles. The van der Waals surface area contributed by atoms with Crippen LogP contribution in [0.2, 0.25) is 0 Å². The SMILES string of the molecule is CO[PH+](OC)OC.CO[PH+](OC)OC.CO[PH+](OC)OC.CO[PH+](OC)OC.CO[PH+](OC)OC.CO[PH+](OC)OC.[Co].[Co].[Co].[Co].[Co].[Co].[SH-].[SH-].[SH-].[SH-].[SH-].[SH-].[SH-].[SH-]. The van der Waals surface area contributed by atoms with Crippen LogP contribution < -0.4 is 0 Å². The number of thiol groups is 8. The third kappa shape index (κ3) is 119. The molecule has 0 saturated heterocycles. The van der Waals surface area contributed by atoms with Gasteiger partial charge in [-0.05, 0) is 0 Å². The molecule has 0 aromatic rings. The molecule has 18 nitrogen and oxygen atoms in total. The van der Waals surface area contributed by atoms with Crippen molar-refractivity contribution in [3.05, 3.63) is 0 Å². The Kier molecular flexibility index (Phi) is 293. The van der Waals surface area contributed by atoms with E-state index in [-0.39, 0.29) is 209 Å². The van der Waals surface area contributed by atoms with Crippen LogP contribution in [0.3, 0.4) is 0 Å². The minimum atomic E-state index is -1.36. The van der Waals surface area contributed by atoms with Crippen LogP contribution in [0.25, 0.3) is 0 Å². The van der Waals surface area contributed by atoms with Crippen molar-refractivity contribution in [3.63, 3.8) is 0 Å². The minimum Gasteiger partial charge on any atom is -0.813 e. The maximum Gasteiger partial charge on any atom is 0.397 e. The Morgan fingerprint density at radius 2 is 0.179 bits per heavy atom. The fourth-order valence-electron chi connectivity index (χ4n) is 1.50. The maximum atomic E-state index is 4.71. The molecule has 0 spiro atoms. The van der Waals surface area contributed by atoms with Crippen LogP contribution in [-0.2, 0) is 290 Å². The van der Waals surface area contributed by atoms with Crippen molar-refractivity contribution in [1.82, 2.24) is 0 Å². The predicted molar refractivity (Wildman–Crippen MR) is 246 cm³/mol. The van der Waals surface area contributed by atoms with Crippen LogP contribution in [0.1, 0.15) is 0 Å². The van der Waals surface area contributed by atoms with Gasteiger partial charge in [0.15, 0.2) is 0 Å². The quantitative estimate of drug-likeness (QED) is 0.112. The predicted octanol–water partition coefficient (Wildman–Crippen LogP) is 3.13. The van der Waals surface area contributed by atoms with E-state index in [1.54, 1.807) is 128 Å². The Morgan fingerprint density at radius 1 is 0.143 bits per heavy atom. The average Bonchev–Trinajstić information content (AvgIpc) is 3.04. The fraction of sp³-hybridized carbons (Fsp3) is 1.00. The summed E-state index contributed by atoms with van der Waals surface area (Å²) >= 11 is 0. The van der Waals surface area contributed by atoms with Gasteiger partial charge in [0.1, 0.15) is 0 Å². The zero-order valence-electron chi connectivity index (χ0n) is 33.9. The van der Waals surface area contributed by atoms with E-state index in [1.807, 2.05) is 0 Å². The van der Waals surface area contributed by atoms with Gasteiger partial charge in [0.2, 0.25) is 0 Å². The van der Waals surface area contributed by atoms with Crippen LogP contribution in [0.4, 0.5) is 0 Å². The van der Waals surface area contributed by atoms with Gasteiger partial charge in [0.25, 0.3) is 0 Å². The van der Waals surface area contributed by atoms with Gasteiger partial charge < -0.3 is 108 Å². The molecule has 0 fully saturated rings. The van der Waals surface area contributed by atoms with Gasteiger partial charge in [-0.1, -0.05) is 0 Å². The second kappa shape index (κ2) is 125. The molecule has 0 aromatic carbocycles. The molecule has 6 radical (unpaired) electrons.